The molecule has 0 atom stereocenters. The largest absolute Gasteiger partial charge is 0.479 e. The topological polar surface area (TPSA) is 77.8 Å². The van der Waals surface area contributed by atoms with Crippen LogP contribution < -0.4 is 0 Å². The third kappa shape index (κ3) is 3.24. The lowest BCUT2D eigenvalue weighted by Crippen LogP contribution is -2.51. The molecule has 1 aromatic rings. The molecule has 1 saturated heterocycles. The van der Waals surface area contributed by atoms with Crippen molar-refractivity contribution < 1.29 is 19.8 Å². The molecule has 2 N–H and O–H groups in total. The summed E-state index contributed by atoms with van der Waals surface area (Å²) in [6, 6.07) is 5.93. The summed E-state index contributed by atoms with van der Waals surface area (Å²) in [4.78, 5) is 25.0. The Labute approximate surface area is 124 Å². The van der Waals surface area contributed by atoms with Crippen LogP contribution in [0.1, 0.15) is 29.5 Å². The van der Waals surface area contributed by atoms with E-state index in [0.717, 1.165) is 16.7 Å². The van der Waals surface area contributed by atoms with E-state index in [1.165, 1.54) is 0 Å². The number of amides is 1. The van der Waals surface area contributed by atoms with Gasteiger partial charge >= 0.3 is 5.97 Å². The number of benzene rings is 1. The average Bonchev–Trinajstić information content (AvgIpc) is 2.43. The van der Waals surface area contributed by atoms with E-state index in [4.69, 9.17) is 5.11 Å². The fraction of sp³-hybridized carbons (Fsp3) is 0.500. The summed E-state index contributed by atoms with van der Waals surface area (Å²) in [6.45, 7) is 4.53. The van der Waals surface area contributed by atoms with Crippen molar-refractivity contribution in [3.8, 4) is 0 Å². The molecule has 1 heterocycles. The van der Waals surface area contributed by atoms with Gasteiger partial charge in [0.2, 0.25) is 5.91 Å². The maximum atomic E-state index is 12.3. The molecule has 21 heavy (non-hydrogen) atoms. The number of carboxylic acids is 1. The monoisotopic (exact) mass is 291 g/mol. The van der Waals surface area contributed by atoms with Crippen LogP contribution in [-0.2, 0) is 16.0 Å². The minimum Gasteiger partial charge on any atom is -0.479 e. The van der Waals surface area contributed by atoms with E-state index < -0.39 is 11.6 Å². The van der Waals surface area contributed by atoms with Crippen LogP contribution in [0.3, 0.4) is 0 Å². The lowest BCUT2D eigenvalue weighted by atomic mass is 9.91. The van der Waals surface area contributed by atoms with Gasteiger partial charge in [0, 0.05) is 25.9 Å². The van der Waals surface area contributed by atoms with Crippen LogP contribution in [0.4, 0.5) is 0 Å². The van der Waals surface area contributed by atoms with E-state index in [9.17, 15) is 14.7 Å². The maximum Gasteiger partial charge on any atom is 0.335 e. The van der Waals surface area contributed by atoms with Crippen LogP contribution in [-0.4, -0.2) is 45.7 Å². The van der Waals surface area contributed by atoms with E-state index in [0.29, 0.717) is 6.42 Å². The van der Waals surface area contributed by atoms with Gasteiger partial charge in [-0.15, -0.1) is 0 Å². The number of carbonyl (C=O) groups is 2. The van der Waals surface area contributed by atoms with E-state index >= 15 is 0 Å². The molecule has 5 nitrogen and oxygen atoms in total. The highest BCUT2D eigenvalue weighted by Gasteiger charge is 2.40. The maximum absolute atomic E-state index is 12.3. The zero-order valence-electron chi connectivity index (χ0n) is 12.4. The Balaban J connectivity index is 2.02. The molecule has 0 aliphatic carbocycles. The van der Waals surface area contributed by atoms with Gasteiger partial charge in [-0.25, -0.2) is 4.79 Å². The highest BCUT2D eigenvalue weighted by molar-refractivity contribution is 5.81. The van der Waals surface area contributed by atoms with E-state index in [1.54, 1.807) is 4.90 Å². The van der Waals surface area contributed by atoms with Crippen molar-refractivity contribution in [3.63, 3.8) is 0 Å². The SMILES string of the molecule is Cc1cccc(C)c1CC(=O)N1CCC(O)(C(=O)O)CC1. The number of hydrogen-bond donors (Lipinski definition) is 2. The number of piperidine rings is 1. The van der Waals surface area contributed by atoms with Crippen molar-refractivity contribution in [2.75, 3.05) is 13.1 Å². The minimum atomic E-state index is -1.69. The molecule has 5 heteroatoms. The third-order valence-electron chi connectivity index (χ3n) is 4.31. The molecule has 0 spiro atoms. The summed E-state index contributed by atoms with van der Waals surface area (Å²) >= 11 is 0. The lowest BCUT2D eigenvalue weighted by molar-refractivity contribution is -0.165. The first kappa shape index (κ1) is 15.5. The molecule has 1 aliphatic rings. The van der Waals surface area contributed by atoms with Gasteiger partial charge < -0.3 is 15.1 Å². The first-order chi connectivity index (χ1) is 9.83. The van der Waals surface area contributed by atoms with Crippen LogP contribution >= 0.6 is 0 Å². The van der Waals surface area contributed by atoms with E-state index in [1.807, 2.05) is 32.0 Å². The van der Waals surface area contributed by atoms with Gasteiger partial charge in [0.1, 0.15) is 0 Å². The zero-order valence-corrected chi connectivity index (χ0v) is 12.4. The Morgan fingerprint density at radius 3 is 2.19 bits per heavy atom. The van der Waals surface area contributed by atoms with Crippen LogP contribution in [0, 0.1) is 13.8 Å². The van der Waals surface area contributed by atoms with Gasteiger partial charge in [0.25, 0.3) is 0 Å². The van der Waals surface area contributed by atoms with Crippen LogP contribution in [0.5, 0.6) is 0 Å². The van der Waals surface area contributed by atoms with Crippen molar-refractivity contribution in [1.29, 1.82) is 0 Å². The number of hydrogen-bond acceptors (Lipinski definition) is 3. The molecular weight excluding hydrogens is 270 g/mol. The Morgan fingerprint density at radius 1 is 1.19 bits per heavy atom. The van der Waals surface area contributed by atoms with Crippen molar-refractivity contribution in [3.05, 3.63) is 34.9 Å². The lowest BCUT2D eigenvalue weighted by Gasteiger charge is -2.35. The fourth-order valence-corrected chi connectivity index (χ4v) is 2.73. The van der Waals surface area contributed by atoms with Gasteiger partial charge in [-0.05, 0) is 30.5 Å². The summed E-state index contributed by atoms with van der Waals surface area (Å²) < 4.78 is 0. The first-order valence-corrected chi connectivity index (χ1v) is 7.12. The van der Waals surface area contributed by atoms with Crippen molar-refractivity contribution in [2.45, 2.75) is 38.7 Å². The van der Waals surface area contributed by atoms with Gasteiger partial charge in [-0.3, -0.25) is 4.79 Å². The molecule has 0 bridgehead atoms. The smallest absolute Gasteiger partial charge is 0.335 e. The second kappa shape index (κ2) is 5.85. The molecular formula is C16H21NO4. The number of aliphatic hydroxyl groups is 1. The average molecular weight is 291 g/mol. The molecule has 0 radical (unpaired) electrons. The minimum absolute atomic E-state index is 0.0140. The van der Waals surface area contributed by atoms with Gasteiger partial charge in [0.15, 0.2) is 5.60 Å². The molecule has 1 fully saturated rings. The number of carbonyl (C=O) groups excluding carboxylic acids is 1. The number of rotatable bonds is 3. The normalized spacial score (nSPS) is 17.6. The molecule has 0 unspecified atom stereocenters. The molecule has 0 aromatic heterocycles. The summed E-state index contributed by atoms with van der Waals surface area (Å²) in [6.07, 6.45) is 0.492. The Hall–Kier alpha value is -1.88. The number of aryl methyl sites for hydroxylation is 2. The summed E-state index contributed by atoms with van der Waals surface area (Å²) in [5.74, 6) is -1.22. The predicted octanol–water partition coefficient (Wildman–Crippen LogP) is 1.28. The fourth-order valence-electron chi connectivity index (χ4n) is 2.73. The summed E-state index contributed by atoms with van der Waals surface area (Å²) in [5.41, 5.74) is 1.52. The second-order valence-corrected chi connectivity index (χ2v) is 5.76. The zero-order chi connectivity index (χ0) is 15.6. The highest BCUT2D eigenvalue weighted by atomic mass is 16.4. The van der Waals surface area contributed by atoms with Crippen LogP contribution in [0.15, 0.2) is 18.2 Å². The Kier molecular flexibility index (Phi) is 4.32. The Bertz CT molecular complexity index is 539. The number of aliphatic carboxylic acids is 1. The molecule has 1 aromatic carbocycles. The predicted molar refractivity (Wildman–Crippen MR) is 78.0 cm³/mol. The van der Waals surface area contributed by atoms with Gasteiger partial charge in [0.05, 0.1) is 6.42 Å². The standard InChI is InChI=1S/C16H21NO4/c1-11-4-3-5-12(2)13(11)10-14(18)17-8-6-16(21,7-9-17)15(19)20/h3-5,21H,6-10H2,1-2H3,(H,19,20). The summed E-state index contributed by atoms with van der Waals surface area (Å²) in [7, 11) is 0. The third-order valence-corrected chi connectivity index (χ3v) is 4.31. The van der Waals surface area contributed by atoms with E-state index in [-0.39, 0.29) is 31.8 Å². The van der Waals surface area contributed by atoms with Crippen molar-refractivity contribution in [1.82, 2.24) is 4.90 Å². The van der Waals surface area contributed by atoms with Crippen molar-refractivity contribution in [2.24, 2.45) is 0 Å². The number of nitrogens with zero attached hydrogens (tertiary/aromatic N) is 1. The summed E-state index contributed by atoms with van der Waals surface area (Å²) in [5, 5.41) is 18.9. The van der Waals surface area contributed by atoms with Gasteiger partial charge in [-0.2, -0.15) is 0 Å². The van der Waals surface area contributed by atoms with Crippen LogP contribution in [0.25, 0.3) is 0 Å². The Morgan fingerprint density at radius 2 is 1.71 bits per heavy atom. The van der Waals surface area contributed by atoms with Crippen LogP contribution in [0.2, 0.25) is 0 Å². The first-order valence-electron chi connectivity index (χ1n) is 7.12. The number of likely N-dealkylation sites (tertiary alicyclic amines) is 1. The molecule has 2 rings (SSSR count). The molecule has 114 valence electrons. The highest BCUT2D eigenvalue weighted by Crippen LogP contribution is 2.23. The molecule has 1 amide bonds. The quantitative estimate of drug-likeness (QED) is 0.879. The second-order valence-electron chi connectivity index (χ2n) is 5.76. The number of carboxylic acid groups (broad SMARTS) is 1. The van der Waals surface area contributed by atoms with E-state index in [2.05, 4.69) is 0 Å². The molecule has 0 saturated carbocycles. The van der Waals surface area contributed by atoms with Crippen molar-refractivity contribution >= 4 is 11.9 Å². The molecule has 1 aliphatic heterocycles. The van der Waals surface area contributed by atoms with Gasteiger partial charge in [-0.1, -0.05) is 18.2 Å².